The number of aryl methyl sites for hydroxylation is 1. The fourth-order valence-corrected chi connectivity index (χ4v) is 4.43. The van der Waals surface area contributed by atoms with Gasteiger partial charge in [0.05, 0.1) is 0 Å². The number of halogens is 1. The molecule has 1 rings (SSSR count). The van der Waals surface area contributed by atoms with Crippen molar-refractivity contribution in [2.45, 2.75) is 45.5 Å². The predicted molar refractivity (Wildman–Crippen MR) is 72.8 cm³/mol. The molecule has 0 N–H and O–H groups in total. The van der Waals surface area contributed by atoms with Crippen LogP contribution in [0.4, 0.5) is 0 Å². The quantitative estimate of drug-likeness (QED) is 0.646. The number of hydrogen-bond donors (Lipinski definition) is 0. The average molecular weight is 241 g/mol. The molecule has 2 heteroatoms. The number of benzene rings is 1. The fourth-order valence-electron chi connectivity index (χ4n) is 2.07. The van der Waals surface area contributed by atoms with Crippen molar-refractivity contribution >= 4 is 19.7 Å². The molecule has 0 saturated carbocycles. The van der Waals surface area contributed by atoms with Gasteiger partial charge in [0.15, 0.2) is 0 Å². The first-order chi connectivity index (χ1) is 6.79. The van der Waals surface area contributed by atoms with Crippen LogP contribution in [0.1, 0.15) is 24.0 Å². The van der Waals surface area contributed by atoms with Crippen molar-refractivity contribution in [2.75, 3.05) is 0 Å². The fraction of sp³-hybridized carbons (Fsp3) is 0.538. The highest BCUT2D eigenvalue weighted by molar-refractivity contribution is 6.76. The molecule has 15 heavy (non-hydrogen) atoms. The molecule has 0 amide bonds. The summed E-state index contributed by atoms with van der Waals surface area (Å²) in [4.78, 5) is 0. The largest absolute Gasteiger partial charge is 0.0840 e. The summed E-state index contributed by atoms with van der Waals surface area (Å²) in [5.41, 5.74) is 2.62. The lowest BCUT2D eigenvalue weighted by Crippen LogP contribution is -2.22. The second kappa shape index (κ2) is 4.71. The van der Waals surface area contributed by atoms with Crippen LogP contribution in [0.15, 0.2) is 18.2 Å². The molecule has 0 saturated heterocycles. The van der Waals surface area contributed by atoms with Crippen LogP contribution in [0.25, 0.3) is 0 Å². The number of hydrogen-bond acceptors (Lipinski definition) is 0. The molecule has 0 heterocycles. The van der Waals surface area contributed by atoms with Crippen molar-refractivity contribution in [3.05, 3.63) is 34.3 Å². The molecule has 0 aromatic heterocycles. The monoisotopic (exact) mass is 240 g/mol. The summed E-state index contributed by atoms with van der Waals surface area (Å²) < 4.78 is 0. The average Bonchev–Trinajstić information content (AvgIpc) is 2.06. The van der Waals surface area contributed by atoms with Crippen LogP contribution >= 0.6 is 11.6 Å². The Labute approximate surface area is 99.7 Å². The second-order valence-corrected chi connectivity index (χ2v) is 11.6. The summed E-state index contributed by atoms with van der Waals surface area (Å²) in [6, 6.07) is 7.63. The van der Waals surface area contributed by atoms with Gasteiger partial charge in [-0.1, -0.05) is 61.9 Å². The third kappa shape index (κ3) is 4.00. The van der Waals surface area contributed by atoms with Crippen molar-refractivity contribution in [3.8, 4) is 0 Å². The van der Waals surface area contributed by atoms with Gasteiger partial charge in [-0.15, -0.1) is 0 Å². The van der Waals surface area contributed by atoms with Gasteiger partial charge >= 0.3 is 0 Å². The smallest absolute Gasteiger partial charge is 0.0448 e. The van der Waals surface area contributed by atoms with E-state index in [4.69, 9.17) is 11.6 Å². The molecule has 1 aromatic rings. The van der Waals surface area contributed by atoms with E-state index < -0.39 is 8.07 Å². The maximum atomic E-state index is 6.24. The standard InChI is InChI=1S/C13H21ClSi/c1-10-6-7-13(14)12(8-10)11(2)9-15(3,4)5/h6-8,11H,9H2,1-5H3. The summed E-state index contributed by atoms with van der Waals surface area (Å²) in [6.07, 6.45) is 0. The lowest BCUT2D eigenvalue weighted by atomic mass is 10.0. The highest BCUT2D eigenvalue weighted by Crippen LogP contribution is 2.31. The van der Waals surface area contributed by atoms with E-state index in [9.17, 15) is 0 Å². The normalized spacial score (nSPS) is 14.0. The molecule has 0 nitrogen and oxygen atoms in total. The maximum Gasteiger partial charge on any atom is 0.0448 e. The minimum absolute atomic E-state index is 0.587. The van der Waals surface area contributed by atoms with Crippen LogP contribution in [0.3, 0.4) is 0 Å². The molecular formula is C13H21ClSi. The van der Waals surface area contributed by atoms with E-state index >= 15 is 0 Å². The van der Waals surface area contributed by atoms with Crippen LogP contribution in [-0.2, 0) is 0 Å². The van der Waals surface area contributed by atoms with E-state index in [-0.39, 0.29) is 0 Å². The Balaban J connectivity index is 2.90. The van der Waals surface area contributed by atoms with Gasteiger partial charge in [0.25, 0.3) is 0 Å². The van der Waals surface area contributed by atoms with Gasteiger partial charge in [-0.05, 0) is 24.5 Å². The third-order valence-electron chi connectivity index (χ3n) is 2.60. The lowest BCUT2D eigenvalue weighted by Gasteiger charge is -2.22. The highest BCUT2D eigenvalue weighted by Gasteiger charge is 2.19. The first kappa shape index (κ1) is 12.8. The zero-order chi connectivity index (χ0) is 11.6. The molecule has 0 radical (unpaired) electrons. The van der Waals surface area contributed by atoms with Gasteiger partial charge in [-0.3, -0.25) is 0 Å². The lowest BCUT2D eigenvalue weighted by molar-refractivity contribution is 0.844. The summed E-state index contributed by atoms with van der Waals surface area (Å²) in [7, 11) is -1.00. The van der Waals surface area contributed by atoms with Gasteiger partial charge in [0.2, 0.25) is 0 Å². The Morgan fingerprint density at radius 2 is 1.87 bits per heavy atom. The summed E-state index contributed by atoms with van der Waals surface area (Å²) in [5, 5.41) is 0.923. The Morgan fingerprint density at radius 1 is 1.27 bits per heavy atom. The van der Waals surface area contributed by atoms with Crippen LogP contribution in [-0.4, -0.2) is 8.07 Å². The molecule has 0 aliphatic carbocycles. The van der Waals surface area contributed by atoms with Gasteiger partial charge < -0.3 is 0 Å². The van der Waals surface area contributed by atoms with Crippen molar-refractivity contribution in [1.82, 2.24) is 0 Å². The van der Waals surface area contributed by atoms with E-state index in [0.29, 0.717) is 5.92 Å². The van der Waals surface area contributed by atoms with E-state index in [1.165, 1.54) is 17.2 Å². The minimum Gasteiger partial charge on any atom is -0.0840 e. The van der Waals surface area contributed by atoms with Crippen molar-refractivity contribution in [1.29, 1.82) is 0 Å². The SMILES string of the molecule is Cc1ccc(Cl)c(C(C)C[Si](C)(C)C)c1. The van der Waals surface area contributed by atoms with E-state index in [1.807, 2.05) is 6.07 Å². The topological polar surface area (TPSA) is 0 Å². The molecular weight excluding hydrogens is 220 g/mol. The molecule has 1 unspecified atom stereocenters. The van der Waals surface area contributed by atoms with Crippen LogP contribution in [0.5, 0.6) is 0 Å². The Morgan fingerprint density at radius 3 is 2.40 bits per heavy atom. The summed E-state index contributed by atoms with van der Waals surface area (Å²) >= 11 is 6.24. The maximum absolute atomic E-state index is 6.24. The van der Waals surface area contributed by atoms with Gasteiger partial charge in [-0.25, -0.2) is 0 Å². The molecule has 84 valence electrons. The van der Waals surface area contributed by atoms with E-state index in [1.54, 1.807) is 0 Å². The zero-order valence-electron chi connectivity index (χ0n) is 10.4. The Bertz CT molecular complexity index is 339. The van der Waals surface area contributed by atoms with Crippen molar-refractivity contribution < 1.29 is 0 Å². The summed E-state index contributed by atoms with van der Waals surface area (Å²) in [6.45, 7) is 11.6. The predicted octanol–water partition coefficient (Wildman–Crippen LogP) is 5.09. The molecule has 0 aliphatic rings. The molecule has 0 bridgehead atoms. The molecule has 0 fully saturated rings. The minimum atomic E-state index is -1.00. The van der Waals surface area contributed by atoms with E-state index in [0.717, 1.165) is 5.02 Å². The van der Waals surface area contributed by atoms with Gasteiger partial charge in [0.1, 0.15) is 0 Å². The van der Waals surface area contributed by atoms with Crippen molar-refractivity contribution in [3.63, 3.8) is 0 Å². The van der Waals surface area contributed by atoms with Gasteiger partial charge in [0, 0.05) is 13.1 Å². The molecule has 1 aromatic carbocycles. The first-order valence-corrected chi connectivity index (χ1v) is 9.64. The number of rotatable bonds is 3. The van der Waals surface area contributed by atoms with Gasteiger partial charge in [-0.2, -0.15) is 0 Å². The molecule has 1 atom stereocenters. The highest BCUT2D eigenvalue weighted by atomic mass is 35.5. The first-order valence-electron chi connectivity index (χ1n) is 5.55. The van der Waals surface area contributed by atoms with E-state index in [2.05, 4.69) is 45.6 Å². The molecule has 0 spiro atoms. The Kier molecular flexibility index (Phi) is 4.02. The zero-order valence-corrected chi connectivity index (χ0v) is 12.2. The second-order valence-electron chi connectivity index (χ2n) is 5.69. The Hall–Kier alpha value is -0.273. The third-order valence-corrected chi connectivity index (χ3v) is 4.78. The van der Waals surface area contributed by atoms with Crippen molar-refractivity contribution in [2.24, 2.45) is 0 Å². The summed E-state index contributed by atoms with van der Waals surface area (Å²) in [5.74, 6) is 0.587. The van der Waals surface area contributed by atoms with Crippen LogP contribution in [0, 0.1) is 6.92 Å². The van der Waals surface area contributed by atoms with Crippen LogP contribution < -0.4 is 0 Å². The van der Waals surface area contributed by atoms with Crippen LogP contribution in [0.2, 0.25) is 30.7 Å². The molecule has 0 aliphatic heterocycles.